The van der Waals surface area contributed by atoms with Gasteiger partial charge in [0, 0.05) is 0 Å². The fraction of sp³-hybridized carbons (Fsp3) is 0.500. The molecule has 0 fully saturated rings. The van der Waals surface area contributed by atoms with Crippen LogP contribution in [0.15, 0.2) is 18.2 Å². The molecule has 1 aromatic carbocycles. The van der Waals surface area contributed by atoms with Gasteiger partial charge in [-0.2, -0.15) is 0 Å². The molecule has 0 radical (unpaired) electrons. The molecule has 0 saturated heterocycles. The van der Waals surface area contributed by atoms with Crippen molar-refractivity contribution in [1.82, 2.24) is 0 Å². The molecule has 1 aromatic rings. The number of rotatable bonds is 4. The number of ether oxygens (including phenoxy) is 2. The van der Waals surface area contributed by atoms with Crippen LogP contribution >= 0.6 is 11.6 Å². The first-order valence-corrected chi connectivity index (χ1v) is 6.22. The minimum Gasteiger partial charge on any atom is -0.489 e. The van der Waals surface area contributed by atoms with Crippen molar-refractivity contribution >= 4 is 17.6 Å². The lowest BCUT2D eigenvalue weighted by Gasteiger charge is -2.23. The van der Waals surface area contributed by atoms with Crippen molar-refractivity contribution in [2.45, 2.75) is 39.2 Å². The number of esters is 1. The summed E-state index contributed by atoms with van der Waals surface area (Å²) in [5.41, 5.74) is 0.0739. The Labute approximate surface area is 113 Å². The van der Waals surface area contributed by atoms with E-state index in [0.29, 0.717) is 10.8 Å². The van der Waals surface area contributed by atoms with Crippen molar-refractivity contribution < 1.29 is 14.3 Å². The number of methoxy groups -OCH3 is 1. The number of halogens is 1. The zero-order valence-electron chi connectivity index (χ0n) is 11.4. The summed E-state index contributed by atoms with van der Waals surface area (Å²) in [4.78, 5) is 11.7. The van der Waals surface area contributed by atoms with Crippen LogP contribution in [0.5, 0.6) is 5.75 Å². The molecule has 0 bridgehead atoms. The highest BCUT2D eigenvalue weighted by atomic mass is 35.5. The van der Waals surface area contributed by atoms with E-state index < -0.39 is 5.41 Å². The Balaban J connectivity index is 3.07. The molecule has 0 amide bonds. The third-order valence-electron chi connectivity index (χ3n) is 2.71. The van der Waals surface area contributed by atoms with E-state index in [2.05, 4.69) is 0 Å². The summed E-state index contributed by atoms with van der Waals surface area (Å²) in [6.45, 7) is 7.46. The van der Waals surface area contributed by atoms with Gasteiger partial charge in [0.2, 0.25) is 0 Å². The van der Waals surface area contributed by atoms with Crippen LogP contribution < -0.4 is 4.74 Å². The molecule has 0 spiro atoms. The third-order valence-corrected chi connectivity index (χ3v) is 3.01. The first kappa shape index (κ1) is 14.8. The average molecular weight is 271 g/mol. The van der Waals surface area contributed by atoms with Gasteiger partial charge in [-0.25, -0.2) is 0 Å². The molecule has 100 valence electrons. The summed E-state index contributed by atoms with van der Waals surface area (Å²) in [7, 11) is 1.38. The molecule has 0 N–H and O–H groups in total. The van der Waals surface area contributed by atoms with Gasteiger partial charge in [0.15, 0.2) is 0 Å². The van der Waals surface area contributed by atoms with Gasteiger partial charge in [0.05, 0.1) is 23.7 Å². The van der Waals surface area contributed by atoms with E-state index in [-0.39, 0.29) is 12.1 Å². The van der Waals surface area contributed by atoms with Crippen LogP contribution in [0.2, 0.25) is 5.02 Å². The van der Waals surface area contributed by atoms with Crippen LogP contribution in [0, 0.1) is 0 Å². The molecule has 1 rings (SSSR count). The Kier molecular flexibility index (Phi) is 4.63. The first-order chi connectivity index (χ1) is 8.28. The van der Waals surface area contributed by atoms with Crippen molar-refractivity contribution in [2.24, 2.45) is 0 Å². The quantitative estimate of drug-likeness (QED) is 0.785. The van der Waals surface area contributed by atoms with Crippen LogP contribution in [-0.4, -0.2) is 19.2 Å². The lowest BCUT2D eigenvalue weighted by atomic mass is 9.85. The summed E-state index contributed by atoms with van der Waals surface area (Å²) in [6.07, 6.45) is 0.0574. The Hall–Kier alpha value is -1.22. The zero-order chi connectivity index (χ0) is 13.9. The molecule has 0 aromatic heterocycles. The number of carbonyl (C=O) groups is 1. The number of benzene rings is 1. The molecule has 0 unspecified atom stereocenters. The van der Waals surface area contributed by atoms with Crippen LogP contribution in [0.1, 0.15) is 33.3 Å². The van der Waals surface area contributed by atoms with Crippen LogP contribution in [0.4, 0.5) is 0 Å². The predicted molar refractivity (Wildman–Crippen MR) is 72.3 cm³/mol. The lowest BCUT2D eigenvalue weighted by Crippen LogP contribution is -2.30. The smallest absolute Gasteiger partial charge is 0.315 e. The number of hydrogen-bond donors (Lipinski definition) is 0. The SMILES string of the molecule is COC(=O)C(C)(C)c1ccc(OC(C)C)c(Cl)c1. The maximum atomic E-state index is 11.7. The summed E-state index contributed by atoms with van der Waals surface area (Å²) in [5.74, 6) is 0.326. The minimum atomic E-state index is -0.727. The van der Waals surface area contributed by atoms with Crippen molar-refractivity contribution in [3.8, 4) is 5.75 Å². The topological polar surface area (TPSA) is 35.5 Å². The monoisotopic (exact) mass is 270 g/mol. The van der Waals surface area contributed by atoms with Gasteiger partial charge >= 0.3 is 5.97 Å². The van der Waals surface area contributed by atoms with Gasteiger partial charge < -0.3 is 9.47 Å². The molecule has 4 heteroatoms. The fourth-order valence-electron chi connectivity index (χ4n) is 1.61. The second kappa shape index (κ2) is 5.61. The Morgan fingerprint density at radius 1 is 1.33 bits per heavy atom. The Morgan fingerprint density at radius 2 is 1.94 bits per heavy atom. The molecule has 0 heterocycles. The number of carbonyl (C=O) groups excluding carboxylic acids is 1. The Morgan fingerprint density at radius 3 is 2.39 bits per heavy atom. The highest BCUT2D eigenvalue weighted by molar-refractivity contribution is 6.32. The zero-order valence-corrected chi connectivity index (χ0v) is 12.2. The Bertz CT molecular complexity index is 439. The van der Waals surface area contributed by atoms with Crippen molar-refractivity contribution in [3.05, 3.63) is 28.8 Å². The predicted octanol–water partition coefficient (Wildman–Crippen LogP) is 3.58. The maximum absolute atomic E-state index is 11.7. The normalized spacial score (nSPS) is 11.5. The van der Waals surface area contributed by atoms with E-state index in [1.807, 2.05) is 19.9 Å². The van der Waals surface area contributed by atoms with E-state index in [0.717, 1.165) is 5.56 Å². The molecular formula is C14H19ClO3. The van der Waals surface area contributed by atoms with Gasteiger partial charge in [-0.3, -0.25) is 4.79 Å². The van der Waals surface area contributed by atoms with E-state index in [1.54, 1.807) is 26.0 Å². The minimum absolute atomic E-state index is 0.0574. The molecular weight excluding hydrogens is 252 g/mol. The van der Waals surface area contributed by atoms with Gasteiger partial charge in [-0.05, 0) is 45.4 Å². The van der Waals surface area contributed by atoms with Gasteiger partial charge in [0.1, 0.15) is 5.75 Å². The lowest BCUT2D eigenvalue weighted by molar-refractivity contribution is -0.146. The largest absolute Gasteiger partial charge is 0.489 e. The van der Waals surface area contributed by atoms with E-state index in [4.69, 9.17) is 21.1 Å². The molecule has 0 aliphatic heterocycles. The fourth-order valence-corrected chi connectivity index (χ4v) is 1.84. The highest BCUT2D eigenvalue weighted by Gasteiger charge is 2.31. The van der Waals surface area contributed by atoms with Gasteiger partial charge in [-0.1, -0.05) is 17.7 Å². The summed E-state index contributed by atoms with van der Waals surface area (Å²) in [5, 5.41) is 0.498. The van der Waals surface area contributed by atoms with Crippen molar-refractivity contribution in [3.63, 3.8) is 0 Å². The number of hydrogen-bond acceptors (Lipinski definition) is 3. The summed E-state index contributed by atoms with van der Waals surface area (Å²) < 4.78 is 10.3. The second-order valence-electron chi connectivity index (χ2n) is 4.93. The van der Waals surface area contributed by atoms with Crippen molar-refractivity contribution in [2.75, 3.05) is 7.11 Å². The van der Waals surface area contributed by atoms with E-state index in [9.17, 15) is 4.79 Å². The van der Waals surface area contributed by atoms with Crippen LogP contribution in [0.25, 0.3) is 0 Å². The molecule has 3 nitrogen and oxygen atoms in total. The van der Waals surface area contributed by atoms with Gasteiger partial charge in [0.25, 0.3) is 0 Å². The summed E-state index contributed by atoms with van der Waals surface area (Å²) in [6, 6.07) is 5.36. The van der Waals surface area contributed by atoms with E-state index in [1.165, 1.54) is 7.11 Å². The third kappa shape index (κ3) is 3.16. The maximum Gasteiger partial charge on any atom is 0.315 e. The molecule has 0 aliphatic rings. The molecule has 18 heavy (non-hydrogen) atoms. The molecule has 0 saturated carbocycles. The first-order valence-electron chi connectivity index (χ1n) is 5.84. The molecule has 0 aliphatic carbocycles. The summed E-state index contributed by atoms with van der Waals surface area (Å²) >= 11 is 6.15. The standard InChI is InChI=1S/C14H19ClO3/c1-9(2)18-12-7-6-10(8-11(12)15)14(3,4)13(16)17-5/h6-9H,1-5H3. The average Bonchev–Trinajstić information content (AvgIpc) is 2.29. The van der Waals surface area contributed by atoms with Gasteiger partial charge in [-0.15, -0.1) is 0 Å². The molecule has 0 atom stereocenters. The van der Waals surface area contributed by atoms with Crippen LogP contribution in [0.3, 0.4) is 0 Å². The highest BCUT2D eigenvalue weighted by Crippen LogP contribution is 2.32. The van der Waals surface area contributed by atoms with E-state index >= 15 is 0 Å². The second-order valence-corrected chi connectivity index (χ2v) is 5.34. The van der Waals surface area contributed by atoms with Crippen LogP contribution in [-0.2, 0) is 14.9 Å². The van der Waals surface area contributed by atoms with Crippen molar-refractivity contribution in [1.29, 1.82) is 0 Å².